The molecular weight excluding hydrogens is 166 g/mol. The highest BCUT2D eigenvalue weighted by Crippen LogP contribution is 2.13. The number of hydrogen-bond acceptors (Lipinski definition) is 4. The molecule has 4 heteroatoms. The van der Waals surface area contributed by atoms with E-state index in [2.05, 4.69) is 10.2 Å². The van der Waals surface area contributed by atoms with Gasteiger partial charge in [0.1, 0.15) is 0 Å². The molecule has 0 amide bonds. The highest BCUT2D eigenvalue weighted by Gasteiger charge is 2.19. The summed E-state index contributed by atoms with van der Waals surface area (Å²) in [5.74, 6) is 0. The molecule has 2 aliphatic rings. The fraction of sp³-hybridized carbons (Fsp3) is 1.00. The van der Waals surface area contributed by atoms with E-state index in [1.165, 1.54) is 25.9 Å². The summed E-state index contributed by atoms with van der Waals surface area (Å²) in [6, 6.07) is 0. The summed E-state index contributed by atoms with van der Waals surface area (Å²) >= 11 is 0. The first-order valence-corrected chi connectivity index (χ1v) is 5.00. The largest absolute Gasteiger partial charge is 0.377 e. The van der Waals surface area contributed by atoms with Gasteiger partial charge in [0.25, 0.3) is 0 Å². The second kappa shape index (κ2) is 5.54. The molecule has 2 rings (SSSR count). The Kier molecular flexibility index (Phi) is 4.66. The average Bonchev–Trinajstić information content (AvgIpc) is 2.59. The van der Waals surface area contributed by atoms with Gasteiger partial charge in [0.15, 0.2) is 0 Å². The summed E-state index contributed by atoms with van der Waals surface area (Å²) in [5, 5.41) is 3.36. The van der Waals surface area contributed by atoms with Crippen molar-refractivity contribution in [2.45, 2.75) is 18.9 Å². The van der Waals surface area contributed by atoms with Gasteiger partial charge in [-0.05, 0) is 12.8 Å². The predicted molar refractivity (Wildman–Crippen MR) is 53.3 cm³/mol. The second-order valence-corrected chi connectivity index (χ2v) is 3.69. The van der Waals surface area contributed by atoms with Gasteiger partial charge >= 0.3 is 0 Å². The maximum atomic E-state index is 5.59. The Morgan fingerprint density at radius 3 is 2.69 bits per heavy atom. The van der Waals surface area contributed by atoms with Crippen LogP contribution in [-0.2, 0) is 4.74 Å². The Morgan fingerprint density at radius 1 is 1.31 bits per heavy atom. The van der Waals surface area contributed by atoms with Crippen LogP contribution in [0.2, 0.25) is 0 Å². The molecule has 2 heterocycles. The molecule has 0 saturated carbocycles. The van der Waals surface area contributed by atoms with Gasteiger partial charge in [-0.3, -0.25) is 4.90 Å². The molecule has 13 heavy (non-hydrogen) atoms. The summed E-state index contributed by atoms with van der Waals surface area (Å²) in [6.45, 7) is 6.82. The molecule has 0 radical (unpaired) electrons. The molecule has 0 aromatic carbocycles. The Labute approximate surface area is 80.2 Å². The topological polar surface area (TPSA) is 59.5 Å². The van der Waals surface area contributed by atoms with Gasteiger partial charge in [0.05, 0.1) is 6.10 Å². The van der Waals surface area contributed by atoms with Gasteiger partial charge in [0, 0.05) is 39.3 Å². The molecule has 4 nitrogen and oxygen atoms in total. The Morgan fingerprint density at radius 2 is 2.08 bits per heavy atom. The smallest absolute Gasteiger partial charge is 0.0702 e. The first-order valence-electron chi connectivity index (χ1n) is 5.00. The lowest BCUT2D eigenvalue weighted by atomic mass is 10.2. The molecule has 2 fully saturated rings. The van der Waals surface area contributed by atoms with Crippen LogP contribution in [0.15, 0.2) is 0 Å². The van der Waals surface area contributed by atoms with Crippen molar-refractivity contribution < 1.29 is 4.74 Å². The van der Waals surface area contributed by atoms with Crippen LogP contribution in [0, 0.1) is 0 Å². The number of ether oxygens (including phenoxy) is 1. The SMILES string of the molecule is C1COC(CN2CCNCC2)C1.N. The lowest BCUT2D eigenvalue weighted by Gasteiger charge is -2.29. The summed E-state index contributed by atoms with van der Waals surface area (Å²) < 4.78 is 5.59. The number of piperazine rings is 1. The Hall–Kier alpha value is -0.160. The lowest BCUT2D eigenvalue weighted by molar-refractivity contribution is 0.0691. The monoisotopic (exact) mass is 187 g/mol. The van der Waals surface area contributed by atoms with E-state index in [1.54, 1.807) is 0 Å². The number of nitrogens with zero attached hydrogens (tertiary/aromatic N) is 1. The van der Waals surface area contributed by atoms with Gasteiger partial charge in [-0.15, -0.1) is 0 Å². The Balaban J connectivity index is 0.000000845. The molecule has 1 unspecified atom stereocenters. The van der Waals surface area contributed by atoms with Crippen LogP contribution in [0.5, 0.6) is 0 Å². The maximum absolute atomic E-state index is 5.59. The zero-order chi connectivity index (χ0) is 8.23. The molecular formula is C9H21N3O. The molecule has 78 valence electrons. The van der Waals surface area contributed by atoms with Crippen LogP contribution in [0.3, 0.4) is 0 Å². The zero-order valence-electron chi connectivity index (χ0n) is 8.30. The quantitative estimate of drug-likeness (QED) is 0.650. The van der Waals surface area contributed by atoms with E-state index >= 15 is 0 Å². The zero-order valence-corrected chi connectivity index (χ0v) is 8.30. The van der Waals surface area contributed by atoms with Gasteiger partial charge in [-0.1, -0.05) is 0 Å². The molecule has 0 aliphatic carbocycles. The second-order valence-electron chi connectivity index (χ2n) is 3.69. The molecule has 0 aromatic heterocycles. The van der Waals surface area contributed by atoms with Crippen LogP contribution < -0.4 is 11.5 Å². The van der Waals surface area contributed by atoms with E-state index in [9.17, 15) is 0 Å². The van der Waals surface area contributed by atoms with Crippen molar-refractivity contribution in [1.82, 2.24) is 16.4 Å². The average molecular weight is 187 g/mol. The minimum Gasteiger partial charge on any atom is -0.377 e. The third-order valence-electron chi connectivity index (χ3n) is 2.70. The van der Waals surface area contributed by atoms with Gasteiger partial charge < -0.3 is 16.2 Å². The van der Waals surface area contributed by atoms with E-state index in [4.69, 9.17) is 4.74 Å². The Bertz CT molecular complexity index is 131. The summed E-state index contributed by atoms with van der Waals surface area (Å²) in [7, 11) is 0. The van der Waals surface area contributed by atoms with Crippen molar-refractivity contribution in [3.05, 3.63) is 0 Å². The number of rotatable bonds is 2. The first kappa shape index (κ1) is 10.9. The highest BCUT2D eigenvalue weighted by atomic mass is 16.5. The van der Waals surface area contributed by atoms with Crippen molar-refractivity contribution in [1.29, 1.82) is 0 Å². The van der Waals surface area contributed by atoms with Crippen LogP contribution in [0.1, 0.15) is 12.8 Å². The number of nitrogens with one attached hydrogen (secondary N) is 1. The minimum atomic E-state index is 0. The van der Waals surface area contributed by atoms with Crippen molar-refractivity contribution in [2.75, 3.05) is 39.3 Å². The maximum Gasteiger partial charge on any atom is 0.0702 e. The lowest BCUT2D eigenvalue weighted by Crippen LogP contribution is -2.46. The van der Waals surface area contributed by atoms with E-state index < -0.39 is 0 Å². The molecule has 4 N–H and O–H groups in total. The molecule has 0 aromatic rings. The third-order valence-corrected chi connectivity index (χ3v) is 2.70. The van der Waals surface area contributed by atoms with E-state index in [-0.39, 0.29) is 6.15 Å². The summed E-state index contributed by atoms with van der Waals surface area (Å²) in [6.07, 6.45) is 3.06. The highest BCUT2D eigenvalue weighted by molar-refractivity contribution is 4.74. The third kappa shape index (κ3) is 3.23. The van der Waals surface area contributed by atoms with E-state index in [0.29, 0.717) is 6.10 Å². The fourth-order valence-electron chi connectivity index (χ4n) is 1.97. The van der Waals surface area contributed by atoms with Gasteiger partial charge in [0.2, 0.25) is 0 Å². The van der Waals surface area contributed by atoms with Crippen molar-refractivity contribution in [3.63, 3.8) is 0 Å². The minimum absolute atomic E-state index is 0. The normalized spacial score (nSPS) is 30.0. The predicted octanol–water partition coefficient (Wildman–Crippen LogP) is 0.233. The number of hydrogen-bond donors (Lipinski definition) is 2. The van der Waals surface area contributed by atoms with Crippen LogP contribution in [0.25, 0.3) is 0 Å². The van der Waals surface area contributed by atoms with Crippen LogP contribution in [0.4, 0.5) is 0 Å². The summed E-state index contributed by atoms with van der Waals surface area (Å²) in [5.41, 5.74) is 0. The molecule has 2 saturated heterocycles. The van der Waals surface area contributed by atoms with E-state index in [1.807, 2.05) is 0 Å². The van der Waals surface area contributed by atoms with Crippen LogP contribution in [-0.4, -0.2) is 50.3 Å². The van der Waals surface area contributed by atoms with Crippen molar-refractivity contribution in [3.8, 4) is 0 Å². The van der Waals surface area contributed by atoms with Gasteiger partial charge in [-0.25, -0.2) is 0 Å². The van der Waals surface area contributed by atoms with Crippen molar-refractivity contribution in [2.24, 2.45) is 0 Å². The summed E-state index contributed by atoms with van der Waals surface area (Å²) in [4.78, 5) is 2.51. The van der Waals surface area contributed by atoms with Crippen molar-refractivity contribution >= 4 is 0 Å². The molecule has 1 atom stereocenters. The molecule has 0 bridgehead atoms. The standard InChI is InChI=1S/C9H18N2O.H3N/c1-2-9(12-7-1)8-11-5-3-10-4-6-11;/h9-10H,1-8H2;1H3. The van der Waals surface area contributed by atoms with E-state index in [0.717, 1.165) is 26.2 Å². The molecule has 2 aliphatic heterocycles. The fourth-order valence-corrected chi connectivity index (χ4v) is 1.97. The van der Waals surface area contributed by atoms with Crippen LogP contribution >= 0.6 is 0 Å². The first-order chi connectivity index (χ1) is 5.95. The van der Waals surface area contributed by atoms with Gasteiger partial charge in [-0.2, -0.15) is 0 Å². The molecule has 0 spiro atoms.